The lowest BCUT2D eigenvalue weighted by Gasteiger charge is -2.09. The van der Waals surface area contributed by atoms with E-state index in [9.17, 15) is 4.79 Å². The van der Waals surface area contributed by atoms with Crippen LogP contribution in [0.2, 0.25) is 0 Å². The molecule has 1 N–H and O–H groups in total. The predicted octanol–water partition coefficient (Wildman–Crippen LogP) is 1.03. The van der Waals surface area contributed by atoms with Gasteiger partial charge in [0.25, 0.3) is 0 Å². The fourth-order valence-corrected chi connectivity index (χ4v) is 1.17. The molecule has 0 aliphatic rings. The molecule has 1 atom stereocenters. The highest BCUT2D eigenvalue weighted by molar-refractivity contribution is 5.72. The molecular formula is C10H13NO3. The van der Waals surface area contributed by atoms with Crippen molar-refractivity contribution < 1.29 is 14.6 Å². The lowest BCUT2D eigenvalue weighted by Crippen LogP contribution is -2.25. The summed E-state index contributed by atoms with van der Waals surface area (Å²) in [5.41, 5.74) is 1.80. The van der Waals surface area contributed by atoms with Gasteiger partial charge in [0.05, 0.1) is 0 Å². The summed E-state index contributed by atoms with van der Waals surface area (Å²) in [5.74, 6) is -0.962. The van der Waals surface area contributed by atoms with Crippen LogP contribution in [0.1, 0.15) is 11.3 Å². The number of carboxylic acids is 1. The fourth-order valence-electron chi connectivity index (χ4n) is 1.17. The summed E-state index contributed by atoms with van der Waals surface area (Å²) < 4.78 is 4.82. The second-order valence-corrected chi connectivity index (χ2v) is 3.09. The predicted molar refractivity (Wildman–Crippen MR) is 51.1 cm³/mol. The smallest absolute Gasteiger partial charge is 0.333 e. The Bertz CT molecular complexity index is 325. The molecule has 14 heavy (non-hydrogen) atoms. The van der Waals surface area contributed by atoms with Crippen LogP contribution in [0.25, 0.3) is 0 Å². The quantitative estimate of drug-likeness (QED) is 0.779. The van der Waals surface area contributed by atoms with Gasteiger partial charge in [0.2, 0.25) is 0 Å². The third kappa shape index (κ3) is 2.81. The van der Waals surface area contributed by atoms with Crippen LogP contribution in [0.15, 0.2) is 18.3 Å². The van der Waals surface area contributed by atoms with Crippen molar-refractivity contribution in [2.45, 2.75) is 19.4 Å². The highest BCUT2D eigenvalue weighted by Crippen LogP contribution is 2.05. The summed E-state index contributed by atoms with van der Waals surface area (Å²) in [7, 11) is 1.38. The Kier molecular flexibility index (Phi) is 3.59. The monoisotopic (exact) mass is 195 g/mol. The second kappa shape index (κ2) is 4.72. The summed E-state index contributed by atoms with van der Waals surface area (Å²) >= 11 is 0. The van der Waals surface area contributed by atoms with E-state index in [0.29, 0.717) is 6.42 Å². The van der Waals surface area contributed by atoms with Crippen molar-refractivity contribution in [3.63, 3.8) is 0 Å². The number of aromatic nitrogens is 1. The van der Waals surface area contributed by atoms with Crippen molar-refractivity contribution in [2.75, 3.05) is 7.11 Å². The number of aliphatic carboxylic acids is 1. The van der Waals surface area contributed by atoms with Gasteiger partial charge in [-0.15, -0.1) is 0 Å². The van der Waals surface area contributed by atoms with E-state index in [1.54, 1.807) is 6.20 Å². The molecule has 0 spiro atoms. The minimum absolute atomic E-state index is 0.299. The van der Waals surface area contributed by atoms with Gasteiger partial charge in [-0.2, -0.15) is 0 Å². The van der Waals surface area contributed by atoms with Gasteiger partial charge in [0, 0.05) is 25.4 Å². The topological polar surface area (TPSA) is 59.4 Å². The van der Waals surface area contributed by atoms with E-state index in [2.05, 4.69) is 4.98 Å². The molecule has 0 radical (unpaired) electrons. The maximum absolute atomic E-state index is 10.7. The number of pyridine rings is 1. The van der Waals surface area contributed by atoms with Crippen molar-refractivity contribution >= 4 is 5.97 Å². The first kappa shape index (κ1) is 10.7. The molecule has 1 unspecified atom stereocenters. The van der Waals surface area contributed by atoms with Crippen molar-refractivity contribution in [2.24, 2.45) is 0 Å². The molecule has 0 bridgehead atoms. The zero-order chi connectivity index (χ0) is 10.6. The highest BCUT2D eigenvalue weighted by Gasteiger charge is 2.17. The maximum atomic E-state index is 10.7. The summed E-state index contributed by atoms with van der Waals surface area (Å²) in [6.45, 7) is 1.94. The van der Waals surface area contributed by atoms with Gasteiger partial charge in [-0.3, -0.25) is 4.98 Å². The first-order valence-corrected chi connectivity index (χ1v) is 4.30. The molecule has 1 heterocycles. The van der Waals surface area contributed by atoms with Crippen LogP contribution in [0, 0.1) is 6.92 Å². The second-order valence-electron chi connectivity index (χ2n) is 3.09. The highest BCUT2D eigenvalue weighted by atomic mass is 16.5. The Balaban J connectivity index is 2.72. The van der Waals surface area contributed by atoms with Crippen LogP contribution in [0.3, 0.4) is 0 Å². The van der Waals surface area contributed by atoms with E-state index in [0.717, 1.165) is 11.3 Å². The number of carboxylic acid groups (broad SMARTS) is 1. The minimum atomic E-state index is -0.962. The number of ether oxygens (including phenoxy) is 1. The standard InChI is InChI=1S/C10H13NO3/c1-7-3-4-11-8(5-7)6-9(14-2)10(12)13/h3-5,9H,6H2,1-2H3,(H,12,13). The molecule has 0 aliphatic carbocycles. The van der Waals surface area contributed by atoms with Gasteiger partial charge in [-0.05, 0) is 24.6 Å². The lowest BCUT2D eigenvalue weighted by atomic mass is 10.1. The van der Waals surface area contributed by atoms with Crippen molar-refractivity contribution in [3.8, 4) is 0 Å². The largest absolute Gasteiger partial charge is 0.479 e. The van der Waals surface area contributed by atoms with Crippen LogP contribution in [0.5, 0.6) is 0 Å². The van der Waals surface area contributed by atoms with Gasteiger partial charge in [-0.1, -0.05) is 0 Å². The van der Waals surface area contributed by atoms with Crippen molar-refractivity contribution in [1.29, 1.82) is 0 Å². The molecule has 1 rings (SSSR count). The number of nitrogens with zero attached hydrogens (tertiary/aromatic N) is 1. The maximum Gasteiger partial charge on any atom is 0.333 e. The van der Waals surface area contributed by atoms with Crippen molar-refractivity contribution in [1.82, 2.24) is 4.98 Å². The summed E-state index contributed by atoms with van der Waals surface area (Å²) in [6.07, 6.45) is 1.15. The SMILES string of the molecule is COC(Cc1cc(C)ccn1)C(=O)O. The van der Waals surface area contributed by atoms with Gasteiger partial charge in [0.15, 0.2) is 6.10 Å². The van der Waals surface area contributed by atoms with E-state index < -0.39 is 12.1 Å². The zero-order valence-corrected chi connectivity index (χ0v) is 8.23. The average molecular weight is 195 g/mol. The van der Waals surface area contributed by atoms with Gasteiger partial charge in [0.1, 0.15) is 0 Å². The third-order valence-electron chi connectivity index (χ3n) is 1.93. The van der Waals surface area contributed by atoms with Crippen LogP contribution in [0.4, 0.5) is 0 Å². The van der Waals surface area contributed by atoms with E-state index >= 15 is 0 Å². The van der Waals surface area contributed by atoms with Gasteiger partial charge < -0.3 is 9.84 Å². The summed E-state index contributed by atoms with van der Waals surface area (Å²) in [4.78, 5) is 14.7. The summed E-state index contributed by atoms with van der Waals surface area (Å²) in [6, 6.07) is 3.72. The molecule has 1 aromatic rings. The Morgan fingerprint density at radius 3 is 2.93 bits per heavy atom. The number of hydrogen-bond donors (Lipinski definition) is 1. The molecule has 0 aliphatic heterocycles. The lowest BCUT2D eigenvalue weighted by molar-refractivity contribution is -0.148. The van der Waals surface area contributed by atoms with Gasteiger partial charge in [-0.25, -0.2) is 4.79 Å². The Morgan fingerprint density at radius 1 is 1.71 bits per heavy atom. The van der Waals surface area contributed by atoms with Crippen LogP contribution in [-0.4, -0.2) is 29.3 Å². The first-order chi connectivity index (χ1) is 6.63. The van der Waals surface area contributed by atoms with E-state index in [4.69, 9.17) is 9.84 Å². The molecule has 0 fully saturated rings. The minimum Gasteiger partial charge on any atom is -0.479 e. The first-order valence-electron chi connectivity index (χ1n) is 4.30. The Hall–Kier alpha value is -1.42. The normalized spacial score (nSPS) is 12.4. The summed E-state index contributed by atoms with van der Waals surface area (Å²) in [5, 5.41) is 8.75. The number of hydrogen-bond acceptors (Lipinski definition) is 3. The number of methoxy groups -OCH3 is 1. The fraction of sp³-hybridized carbons (Fsp3) is 0.400. The average Bonchev–Trinajstić information content (AvgIpc) is 2.14. The molecule has 0 amide bonds. The number of rotatable bonds is 4. The van der Waals surface area contributed by atoms with Crippen LogP contribution in [-0.2, 0) is 16.0 Å². The molecule has 76 valence electrons. The van der Waals surface area contributed by atoms with E-state index in [-0.39, 0.29) is 0 Å². The molecule has 0 aromatic carbocycles. The zero-order valence-electron chi connectivity index (χ0n) is 8.23. The van der Waals surface area contributed by atoms with E-state index in [1.807, 2.05) is 19.1 Å². The number of aryl methyl sites for hydroxylation is 1. The molecular weight excluding hydrogens is 182 g/mol. The van der Waals surface area contributed by atoms with E-state index in [1.165, 1.54) is 7.11 Å². The third-order valence-corrected chi connectivity index (χ3v) is 1.93. The molecule has 4 heteroatoms. The molecule has 4 nitrogen and oxygen atoms in total. The van der Waals surface area contributed by atoms with Crippen LogP contribution < -0.4 is 0 Å². The molecule has 0 saturated carbocycles. The number of carbonyl (C=O) groups is 1. The Labute approximate surface area is 82.5 Å². The van der Waals surface area contributed by atoms with Crippen LogP contribution >= 0.6 is 0 Å². The van der Waals surface area contributed by atoms with Gasteiger partial charge >= 0.3 is 5.97 Å². The molecule has 0 saturated heterocycles. The Morgan fingerprint density at radius 2 is 2.43 bits per heavy atom. The van der Waals surface area contributed by atoms with Crippen molar-refractivity contribution in [3.05, 3.63) is 29.6 Å². The molecule has 1 aromatic heterocycles.